The Labute approximate surface area is 256 Å². The number of rotatable bonds is 12. The summed E-state index contributed by atoms with van der Waals surface area (Å²) in [6, 6.07) is 29.7. The first-order valence-electron chi connectivity index (χ1n) is 16.6. The van der Waals surface area contributed by atoms with Crippen molar-refractivity contribution in [1.82, 2.24) is 15.1 Å². The summed E-state index contributed by atoms with van der Waals surface area (Å²) in [5, 5.41) is 3.67. The van der Waals surface area contributed by atoms with Crippen LogP contribution in [0.4, 0.5) is 0 Å². The molecule has 1 N–H and O–H groups in total. The Morgan fingerprint density at radius 1 is 0.810 bits per heavy atom. The van der Waals surface area contributed by atoms with Gasteiger partial charge in [0.25, 0.3) is 0 Å². The molecule has 0 saturated carbocycles. The Morgan fingerprint density at radius 2 is 1.48 bits per heavy atom. The molecule has 3 nitrogen and oxygen atoms in total. The number of likely N-dealkylation sites (tertiary alicyclic amines) is 2. The first-order chi connectivity index (χ1) is 20.5. The van der Waals surface area contributed by atoms with Crippen LogP contribution >= 0.6 is 0 Å². The molecule has 0 spiro atoms. The van der Waals surface area contributed by atoms with Gasteiger partial charge in [0.2, 0.25) is 0 Å². The summed E-state index contributed by atoms with van der Waals surface area (Å²) in [5.74, 6) is 1.19. The van der Waals surface area contributed by atoms with Crippen LogP contribution in [0.25, 0.3) is 5.70 Å². The molecule has 0 amide bonds. The molecular weight excluding hydrogens is 510 g/mol. The molecule has 224 valence electrons. The van der Waals surface area contributed by atoms with E-state index in [0.29, 0.717) is 12.0 Å². The van der Waals surface area contributed by atoms with Gasteiger partial charge in [-0.15, -0.1) is 0 Å². The van der Waals surface area contributed by atoms with E-state index in [1.54, 1.807) is 0 Å². The second kappa shape index (κ2) is 15.5. The number of hydrogen-bond donors (Lipinski definition) is 1. The second-order valence-electron chi connectivity index (χ2n) is 13.0. The van der Waals surface area contributed by atoms with E-state index >= 15 is 0 Å². The van der Waals surface area contributed by atoms with Gasteiger partial charge in [-0.3, -0.25) is 0 Å². The minimum absolute atomic E-state index is 0.426. The van der Waals surface area contributed by atoms with Crippen LogP contribution in [0.3, 0.4) is 0 Å². The predicted molar refractivity (Wildman–Crippen MR) is 180 cm³/mol. The number of benzene rings is 3. The Hall–Kier alpha value is -2.88. The predicted octanol–water partition coefficient (Wildman–Crippen LogP) is 8.30. The molecule has 2 aliphatic heterocycles. The van der Waals surface area contributed by atoms with Crippen molar-refractivity contribution in [3.8, 4) is 0 Å². The van der Waals surface area contributed by atoms with E-state index in [-0.39, 0.29) is 0 Å². The smallest absolute Gasteiger partial charge is 0.0342 e. The molecule has 5 rings (SSSR count). The monoisotopic (exact) mass is 563 g/mol. The van der Waals surface area contributed by atoms with E-state index in [2.05, 4.69) is 114 Å². The molecular formula is C39H53N3. The highest BCUT2D eigenvalue weighted by molar-refractivity contribution is 5.62. The van der Waals surface area contributed by atoms with Crippen molar-refractivity contribution >= 4 is 5.70 Å². The number of piperidine rings is 1. The maximum absolute atomic E-state index is 4.37. The van der Waals surface area contributed by atoms with Gasteiger partial charge in [-0.25, -0.2) is 0 Å². The zero-order chi connectivity index (χ0) is 29.1. The van der Waals surface area contributed by atoms with Gasteiger partial charge >= 0.3 is 0 Å². The van der Waals surface area contributed by atoms with Gasteiger partial charge in [0, 0.05) is 30.7 Å². The Kier molecular flexibility index (Phi) is 11.3. The minimum Gasteiger partial charge on any atom is -0.383 e. The highest BCUT2D eigenvalue weighted by atomic mass is 15.1. The standard InChI is InChI=1S/C39H53N3/c1-31-13-9-10-16-38(31)39(37-14-7-6-8-15-37)30-42-27-22-35(23-28-42)29-34-17-19-36(20-18-34)33(3)40-32(2)21-26-41-24-11-4-5-12-25-41/h6-10,13-20,32,35,39-40H,3-5,11-12,21-30H2,1-2H3. The van der Waals surface area contributed by atoms with E-state index in [0.717, 1.165) is 18.2 Å². The summed E-state index contributed by atoms with van der Waals surface area (Å²) in [6.07, 6.45) is 10.4. The molecule has 3 aromatic carbocycles. The van der Waals surface area contributed by atoms with Crippen molar-refractivity contribution in [3.63, 3.8) is 0 Å². The molecule has 2 atom stereocenters. The summed E-state index contributed by atoms with van der Waals surface area (Å²) < 4.78 is 0. The Balaban J connectivity index is 1.08. The maximum Gasteiger partial charge on any atom is 0.0342 e. The normalized spacial score (nSPS) is 18.7. The molecule has 0 radical (unpaired) electrons. The Bertz CT molecular complexity index is 1220. The molecule has 2 fully saturated rings. The zero-order valence-corrected chi connectivity index (χ0v) is 26.2. The molecule has 0 bridgehead atoms. The fourth-order valence-electron chi connectivity index (χ4n) is 7.04. The van der Waals surface area contributed by atoms with Gasteiger partial charge in [-0.2, -0.15) is 0 Å². The van der Waals surface area contributed by atoms with Crippen LogP contribution in [-0.4, -0.2) is 55.1 Å². The van der Waals surface area contributed by atoms with Crippen molar-refractivity contribution in [2.45, 2.75) is 77.2 Å². The highest BCUT2D eigenvalue weighted by Gasteiger charge is 2.24. The summed E-state index contributed by atoms with van der Waals surface area (Å²) in [7, 11) is 0. The van der Waals surface area contributed by atoms with Gasteiger partial charge < -0.3 is 15.1 Å². The third-order valence-corrected chi connectivity index (χ3v) is 9.74. The lowest BCUT2D eigenvalue weighted by Crippen LogP contribution is -2.37. The zero-order valence-electron chi connectivity index (χ0n) is 26.2. The van der Waals surface area contributed by atoms with Gasteiger partial charge in [0.15, 0.2) is 0 Å². The van der Waals surface area contributed by atoms with Crippen LogP contribution in [0.5, 0.6) is 0 Å². The topological polar surface area (TPSA) is 18.5 Å². The SMILES string of the molecule is C=C(NC(C)CCN1CCCCCC1)c1ccc(CC2CCN(CC(c3ccccc3)c3ccccc3C)CC2)cc1. The molecule has 2 saturated heterocycles. The summed E-state index contributed by atoms with van der Waals surface area (Å²) >= 11 is 0. The highest BCUT2D eigenvalue weighted by Crippen LogP contribution is 2.30. The molecule has 2 heterocycles. The molecule has 3 aromatic rings. The van der Waals surface area contributed by atoms with E-state index in [1.165, 1.54) is 112 Å². The fourth-order valence-corrected chi connectivity index (χ4v) is 7.04. The maximum atomic E-state index is 4.37. The third kappa shape index (κ3) is 8.82. The van der Waals surface area contributed by atoms with Gasteiger partial charge in [0.05, 0.1) is 0 Å². The molecule has 2 aliphatic rings. The molecule has 42 heavy (non-hydrogen) atoms. The lowest BCUT2D eigenvalue weighted by molar-refractivity contribution is 0.179. The van der Waals surface area contributed by atoms with E-state index < -0.39 is 0 Å². The molecule has 2 unspecified atom stereocenters. The van der Waals surface area contributed by atoms with Crippen molar-refractivity contribution in [1.29, 1.82) is 0 Å². The van der Waals surface area contributed by atoms with E-state index in [4.69, 9.17) is 0 Å². The largest absolute Gasteiger partial charge is 0.383 e. The van der Waals surface area contributed by atoms with Crippen molar-refractivity contribution in [2.75, 3.05) is 39.3 Å². The number of nitrogens with one attached hydrogen (secondary N) is 1. The summed E-state index contributed by atoms with van der Waals surface area (Å²) in [4.78, 5) is 5.35. The lowest BCUT2D eigenvalue weighted by Gasteiger charge is -2.35. The van der Waals surface area contributed by atoms with E-state index in [1.807, 2.05) is 0 Å². The van der Waals surface area contributed by atoms with Gasteiger partial charge in [-0.1, -0.05) is 98.3 Å². The average molecular weight is 564 g/mol. The number of nitrogens with zero attached hydrogens (tertiary/aromatic N) is 2. The third-order valence-electron chi connectivity index (χ3n) is 9.74. The van der Waals surface area contributed by atoms with Crippen LogP contribution in [-0.2, 0) is 6.42 Å². The Morgan fingerprint density at radius 3 is 2.17 bits per heavy atom. The lowest BCUT2D eigenvalue weighted by atomic mass is 9.86. The van der Waals surface area contributed by atoms with Crippen LogP contribution in [0.15, 0.2) is 85.4 Å². The van der Waals surface area contributed by atoms with Gasteiger partial charge in [-0.05, 0) is 112 Å². The van der Waals surface area contributed by atoms with Crippen LogP contribution < -0.4 is 5.32 Å². The summed E-state index contributed by atoms with van der Waals surface area (Å²) in [6.45, 7) is 16.1. The van der Waals surface area contributed by atoms with Crippen molar-refractivity contribution in [3.05, 3.63) is 113 Å². The number of aryl methyl sites for hydroxylation is 1. The summed E-state index contributed by atoms with van der Waals surface area (Å²) in [5.41, 5.74) is 8.02. The van der Waals surface area contributed by atoms with Crippen molar-refractivity contribution < 1.29 is 0 Å². The van der Waals surface area contributed by atoms with Crippen molar-refractivity contribution in [2.24, 2.45) is 5.92 Å². The minimum atomic E-state index is 0.426. The quantitative estimate of drug-likeness (QED) is 0.239. The first kappa shape index (κ1) is 30.6. The average Bonchev–Trinajstić information content (AvgIpc) is 3.30. The van der Waals surface area contributed by atoms with Crippen LogP contribution in [0.1, 0.15) is 85.6 Å². The number of hydrogen-bond acceptors (Lipinski definition) is 3. The molecule has 0 aliphatic carbocycles. The van der Waals surface area contributed by atoms with E-state index in [9.17, 15) is 0 Å². The first-order valence-corrected chi connectivity index (χ1v) is 16.6. The molecule has 3 heteroatoms. The van der Waals surface area contributed by atoms with Gasteiger partial charge in [0.1, 0.15) is 0 Å². The van der Waals surface area contributed by atoms with Crippen LogP contribution in [0, 0.1) is 12.8 Å². The molecule has 0 aromatic heterocycles. The van der Waals surface area contributed by atoms with Crippen LogP contribution in [0.2, 0.25) is 0 Å². The second-order valence-corrected chi connectivity index (χ2v) is 13.0. The fraction of sp³-hybridized carbons (Fsp3) is 0.487.